The molecule has 0 saturated heterocycles. The lowest BCUT2D eigenvalue weighted by Crippen LogP contribution is -2.58. The molecule has 200 valence electrons. The Morgan fingerprint density at radius 1 is 1.09 bits per heavy atom. The van der Waals surface area contributed by atoms with Crippen molar-refractivity contribution in [3.8, 4) is 0 Å². The van der Waals surface area contributed by atoms with Crippen molar-refractivity contribution in [2.75, 3.05) is 7.05 Å². The van der Waals surface area contributed by atoms with Crippen LogP contribution in [0.25, 0.3) is 0 Å². The molecule has 1 heterocycles. The molecule has 3 N–H and O–H groups in total. The average molecular weight is 516 g/mol. The van der Waals surface area contributed by atoms with E-state index in [4.69, 9.17) is 4.74 Å². The van der Waals surface area contributed by atoms with Crippen molar-refractivity contribution in [1.82, 2.24) is 24.9 Å². The minimum atomic E-state index is -4.27. The van der Waals surface area contributed by atoms with E-state index in [1.54, 1.807) is 48.6 Å². The second kappa shape index (κ2) is 11.5. The first kappa shape index (κ1) is 30.6. The van der Waals surface area contributed by atoms with Crippen molar-refractivity contribution in [1.29, 1.82) is 0 Å². The zero-order chi connectivity index (χ0) is 27.4. The normalized spacial score (nSPS) is 15.3. The van der Waals surface area contributed by atoms with Crippen LogP contribution >= 0.6 is 0 Å². The second-order valence-corrected chi connectivity index (χ2v) is 12.8. The summed E-state index contributed by atoms with van der Waals surface area (Å²) in [6.45, 7) is 14.0. The van der Waals surface area contributed by atoms with Crippen LogP contribution in [0, 0.1) is 17.3 Å². The molecule has 0 aliphatic heterocycles. The standard InChI is InChI=1S/C23H41N5O6S/c1-14(2)11-15(19(29)26-18(20(30)24-9)22(3,4)5)17(21(31)34-23(6,7)8)27-35(32,33)16-12-28(10)13-25-16/h12-15,17-18,27H,11H2,1-10H3,(H,24,30)(H,26,29)/t15-,17+,18-/m1/s1. The van der Waals surface area contributed by atoms with Gasteiger partial charge in [0.1, 0.15) is 17.7 Å². The molecule has 1 aromatic heterocycles. The first-order valence-electron chi connectivity index (χ1n) is 11.5. The Balaban J connectivity index is 3.51. The van der Waals surface area contributed by atoms with Crippen LogP contribution in [0.15, 0.2) is 17.6 Å². The van der Waals surface area contributed by atoms with Gasteiger partial charge in [-0.1, -0.05) is 34.6 Å². The van der Waals surface area contributed by atoms with Crippen LogP contribution in [-0.2, 0) is 36.2 Å². The number of ether oxygens (including phenoxy) is 1. The predicted octanol–water partition coefficient (Wildman–Crippen LogP) is 1.35. The third-order valence-corrected chi connectivity index (χ3v) is 6.35. The van der Waals surface area contributed by atoms with Gasteiger partial charge in [-0.05, 0) is 38.5 Å². The Morgan fingerprint density at radius 2 is 1.66 bits per heavy atom. The van der Waals surface area contributed by atoms with E-state index in [2.05, 4.69) is 20.3 Å². The molecule has 0 fully saturated rings. The van der Waals surface area contributed by atoms with E-state index < -0.39 is 56.8 Å². The van der Waals surface area contributed by atoms with Crippen LogP contribution in [0.5, 0.6) is 0 Å². The molecule has 2 amide bonds. The summed E-state index contributed by atoms with van der Waals surface area (Å²) in [5.41, 5.74) is -1.58. The van der Waals surface area contributed by atoms with Gasteiger partial charge in [0, 0.05) is 20.3 Å². The predicted molar refractivity (Wildman–Crippen MR) is 132 cm³/mol. The number of aryl methyl sites for hydroxylation is 1. The third-order valence-electron chi connectivity index (χ3n) is 5.03. The Labute approximate surface area is 208 Å². The van der Waals surface area contributed by atoms with Crippen LogP contribution in [-0.4, -0.2) is 60.5 Å². The smallest absolute Gasteiger partial charge is 0.325 e. The number of nitrogens with zero attached hydrogens (tertiary/aromatic N) is 2. The number of likely N-dealkylation sites (N-methyl/N-ethyl adjacent to an activating group) is 1. The van der Waals surface area contributed by atoms with Crippen molar-refractivity contribution < 1.29 is 27.5 Å². The van der Waals surface area contributed by atoms with Gasteiger partial charge in [-0.25, -0.2) is 13.4 Å². The highest BCUT2D eigenvalue weighted by Gasteiger charge is 2.42. The van der Waals surface area contributed by atoms with E-state index >= 15 is 0 Å². The lowest BCUT2D eigenvalue weighted by atomic mass is 9.84. The SMILES string of the molecule is CNC(=O)[C@@H](NC(=O)[C@H](CC(C)C)[C@H](NS(=O)(=O)c1cn(C)cn1)C(=O)OC(C)(C)C)C(C)(C)C. The van der Waals surface area contributed by atoms with E-state index in [0.29, 0.717) is 0 Å². The number of hydrogen-bond acceptors (Lipinski definition) is 7. The molecule has 1 aromatic rings. The number of sulfonamides is 1. The van der Waals surface area contributed by atoms with Crippen LogP contribution in [0.3, 0.4) is 0 Å². The number of rotatable bonds is 10. The van der Waals surface area contributed by atoms with E-state index in [-0.39, 0.29) is 17.4 Å². The zero-order valence-electron chi connectivity index (χ0n) is 22.4. The number of carbonyl (C=O) groups is 3. The number of aromatic nitrogens is 2. The van der Waals surface area contributed by atoms with E-state index in [1.807, 2.05) is 13.8 Å². The molecular weight excluding hydrogens is 474 g/mol. The van der Waals surface area contributed by atoms with Gasteiger partial charge in [0.05, 0.1) is 12.2 Å². The van der Waals surface area contributed by atoms with Crippen LogP contribution < -0.4 is 15.4 Å². The second-order valence-electron chi connectivity index (χ2n) is 11.2. The van der Waals surface area contributed by atoms with Gasteiger partial charge in [0.25, 0.3) is 10.0 Å². The van der Waals surface area contributed by atoms with Gasteiger partial charge in [0.2, 0.25) is 11.8 Å². The van der Waals surface area contributed by atoms with Gasteiger partial charge < -0.3 is 19.9 Å². The van der Waals surface area contributed by atoms with Crippen molar-refractivity contribution in [3.05, 3.63) is 12.5 Å². The summed E-state index contributed by atoms with van der Waals surface area (Å²) in [4.78, 5) is 43.1. The lowest BCUT2D eigenvalue weighted by Gasteiger charge is -2.34. The first-order valence-corrected chi connectivity index (χ1v) is 13.0. The lowest BCUT2D eigenvalue weighted by molar-refractivity contribution is -0.160. The zero-order valence-corrected chi connectivity index (χ0v) is 23.2. The summed E-state index contributed by atoms with van der Waals surface area (Å²) in [6.07, 6.45) is 2.75. The molecule has 0 aromatic carbocycles. The highest BCUT2D eigenvalue weighted by atomic mass is 32.2. The van der Waals surface area contributed by atoms with E-state index in [9.17, 15) is 22.8 Å². The summed E-state index contributed by atoms with van der Waals surface area (Å²) in [7, 11) is -1.20. The largest absolute Gasteiger partial charge is 0.459 e. The number of hydrogen-bond donors (Lipinski definition) is 3. The molecule has 12 heteroatoms. The first-order chi connectivity index (χ1) is 15.8. The molecule has 0 spiro atoms. The maximum Gasteiger partial charge on any atom is 0.325 e. The highest BCUT2D eigenvalue weighted by molar-refractivity contribution is 7.89. The fraction of sp³-hybridized carbons (Fsp3) is 0.739. The minimum absolute atomic E-state index is 0.0804. The molecule has 0 saturated carbocycles. The van der Waals surface area contributed by atoms with Gasteiger partial charge in [-0.2, -0.15) is 4.72 Å². The molecule has 35 heavy (non-hydrogen) atoms. The van der Waals surface area contributed by atoms with E-state index in [1.165, 1.54) is 24.1 Å². The minimum Gasteiger partial charge on any atom is -0.459 e. The van der Waals surface area contributed by atoms with Gasteiger partial charge in [0.15, 0.2) is 5.03 Å². The summed E-state index contributed by atoms with van der Waals surface area (Å²) < 4.78 is 35.5. The van der Waals surface area contributed by atoms with Crippen molar-refractivity contribution >= 4 is 27.8 Å². The molecule has 0 aliphatic rings. The van der Waals surface area contributed by atoms with Gasteiger partial charge in [-0.15, -0.1) is 0 Å². The number of esters is 1. The topological polar surface area (TPSA) is 148 Å². The Hall–Kier alpha value is -2.47. The fourth-order valence-corrected chi connectivity index (χ4v) is 4.59. The number of nitrogens with one attached hydrogen (secondary N) is 3. The maximum atomic E-state index is 13.5. The van der Waals surface area contributed by atoms with E-state index in [0.717, 1.165) is 0 Å². The molecule has 0 radical (unpaired) electrons. The number of imidazole rings is 1. The monoisotopic (exact) mass is 515 g/mol. The third kappa shape index (κ3) is 9.25. The molecule has 0 unspecified atom stereocenters. The van der Waals surface area contributed by atoms with Crippen molar-refractivity contribution in [3.63, 3.8) is 0 Å². The number of amides is 2. The molecule has 0 bridgehead atoms. The summed E-state index contributed by atoms with van der Waals surface area (Å²) in [6, 6.07) is -2.46. The fourth-order valence-electron chi connectivity index (χ4n) is 3.39. The summed E-state index contributed by atoms with van der Waals surface area (Å²) >= 11 is 0. The molecule has 0 aliphatic carbocycles. The van der Waals surface area contributed by atoms with Gasteiger partial charge in [-0.3, -0.25) is 14.4 Å². The van der Waals surface area contributed by atoms with Crippen molar-refractivity contribution in [2.24, 2.45) is 24.3 Å². The van der Waals surface area contributed by atoms with Crippen molar-refractivity contribution in [2.45, 2.75) is 84.5 Å². The highest BCUT2D eigenvalue weighted by Crippen LogP contribution is 2.24. The molecule has 3 atom stereocenters. The quantitative estimate of drug-likeness (QED) is 0.398. The maximum absolute atomic E-state index is 13.5. The average Bonchev–Trinajstić information content (AvgIpc) is 3.12. The summed E-state index contributed by atoms with van der Waals surface area (Å²) in [5, 5.41) is 4.97. The molecule has 1 rings (SSSR count). The number of carbonyl (C=O) groups excluding carboxylic acids is 3. The summed E-state index contributed by atoms with van der Waals surface area (Å²) in [5.74, 6) is -3.18. The Bertz CT molecular complexity index is 1000. The van der Waals surface area contributed by atoms with Gasteiger partial charge >= 0.3 is 5.97 Å². The Morgan fingerprint density at radius 3 is 2.06 bits per heavy atom. The molecular formula is C23H41N5O6S. The Kier molecular flexibility index (Phi) is 10.1. The molecule has 11 nitrogen and oxygen atoms in total. The van der Waals surface area contributed by atoms with Crippen LogP contribution in [0.2, 0.25) is 0 Å². The van der Waals surface area contributed by atoms with Crippen LogP contribution in [0.4, 0.5) is 0 Å². The van der Waals surface area contributed by atoms with Crippen LogP contribution in [0.1, 0.15) is 61.8 Å².